The van der Waals surface area contributed by atoms with Crippen LogP contribution in [-0.4, -0.2) is 73.7 Å². The Labute approximate surface area is 205 Å². The van der Waals surface area contributed by atoms with Crippen molar-refractivity contribution in [2.24, 2.45) is 0 Å². The predicted molar refractivity (Wildman–Crippen MR) is 137 cm³/mol. The Morgan fingerprint density at radius 2 is 2.06 bits per heavy atom. The molecule has 35 heavy (non-hydrogen) atoms. The Morgan fingerprint density at radius 1 is 1.23 bits per heavy atom. The normalized spacial score (nSPS) is 15.2. The lowest BCUT2D eigenvalue weighted by molar-refractivity contribution is 0.0949. The minimum atomic E-state index is -0.551. The highest BCUT2D eigenvalue weighted by atomic mass is 32.1. The molecule has 1 aromatic carbocycles. The second-order valence-electron chi connectivity index (χ2n) is 8.83. The quantitative estimate of drug-likeness (QED) is 0.413. The number of anilines is 1. The first-order valence-corrected chi connectivity index (χ1v) is 12.6. The lowest BCUT2D eigenvalue weighted by atomic mass is 10.1. The molecule has 184 valence electrons. The molecule has 1 aliphatic heterocycles. The first-order chi connectivity index (χ1) is 17.0. The Morgan fingerprint density at radius 3 is 2.89 bits per heavy atom. The maximum Gasteiger partial charge on any atom is 0.258 e. The molecule has 1 fully saturated rings. The van der Waals surface area contributed by atoms with E-state index >= 15 is 4.39 Å². The van der Waals surface area contributed by atoms with Gasteiger partial charge >= 0.3 is 0 Å². The third-order valence-electron chi connectivity index (χ3n) is 6.41. The lowest BCUT2D eigenvalue weighted by Gasteiger charge is -2.22. The van der Waals surface area contributed by atoms with Crippen LogP contribution in [0.3, 0.4) is 0 Å². The summed E-state index contributed by atoms with van der Waals surface area (Å²) < 4.78 is 23.2. The third kappa shape index (κ3) is 4.37. The molecule has 0 spiro atoms. The van der Waals surface area contributed by atoms with E-state index in [4.69, 9.17) is 9.72 Å². The van der Waals surface area contributed by atoms with Crippen molar-refractivity contribution in [1.29, 1.82) is 0 Å². The minimum Gasteiger partial charge on any atom is -0.385 e. The Kier molecular flexibility index (Phi) is 6.68. The van der Waals surface area contributed by atoms with Gasteiger partial charge in [-0.15, -0.1) is 11.3 Å². The van der Waals surface area contributed by atoms with Gasteiger partial charge in [-0.05, 0) is 44.6 Å². The smallest absolute Gasteiger partial charge is 0.258 e. The number of nitrogens with one attached hydrogen (secondary N) is 1. The number of ether oxygens (including phenoxy) is 1. The molecular formula is C25H28FN5O3S. The van der Waals surface area contributed by atoms with Crippen LogP contribution in [0.2, 0.25) is 0 Å². The number of amides is 1. The van der Waals surface area contributed by atoms with Crippen LogP contribution in [-0.2, 0) is 4.74 Å². The number of rotatable bonds is 6. The Bertz CT molecular complexity index is 1470. The fourth-order valence-electron chi connectivity index (χ4n) is 4.59. The van der Waals surface area contributed by atoms with E-state index in [2.05, 4.69) is 17.3 Å². The van der Waals surface area contributed by atoms with Gasteiger partial charge in [-0.2, -0.15) is 0 Å². The zero-order valence-electron chi connectivity index (χ0n) is 19.8. The number of para-hydroxylation sites is 1. The number of pyridine rings is 2. The number of nitrogens with zero attached hydrogens (tertiary/aromatic N) is 4. The van der Waals surface area contributed by atoms with Crippen LogP contribution in [0.4, 0.5) is 10.2 Å². The fraction of sp³-hybridized carbons (Fsp3) is 0.400. The number of hydrogen-bond donors (Lipinski definition) is 1. The molecule has 1 amide bonds. The topological polar surface area (TPSA) is 79.2 Å². The maximum atomic E-state index is 15.4. The van der Waals surface area contributed by atoms with Crippen molar-refractivity contribution in [3.05, 3.63) is 51.9 Å². The third-order valence-corrected chi connectivity index (χ3v) is 7.55. The lowest BCUT2D eigenvalue weighted by Crippen LogP contribution is -2.32. The number of aromatic nitrogens is 2. The van der Waals surface area contributed by atoms with Crippen molar-refractivity contribution in [2.45, 2.75) is 12.8 Å². The van der Waals surface area contributed by atoms with Crippen molar-refractivity contribution in [3.8, 4) is 0 Å². The summed E-state index contributed by atoms with van der Waals surface area (Å²) >= 11 is 1.36. The molecule has 1 saturated heterocycles. The van der Waals surface area contributed by atoms with E-state index in [0.717, 1.165) is 29.7 Å². The zero-order chi connectivity index (χ0) is 24.5. The standard InChI is InChI=1S/C25H28FN5O3S/c1-29-10-6-11-30(13-12-29)23-17(26)15-16-21(32)20(24(33)27-9-5-14-34-2)25-31(22(16)28-23)18-7-3-4-8-19(18)35-25/h3-4,7-8,15H,5-6,9-14H2,1-2H3,(H,27,33). The van der Waals surface area contributed by atoms with Gasteiger partial charge in [-0.3, -0.25) is 14.0 Å². The van der Waals surface area contributed by atoms with Crippen LogP contribution < -0.4 is 15.6 Å². The molecule has 0 bridgehead atoms. The van der Waals surface area contributed by atoms with E-state index in [1.165, 1.54) is 17.4 Å². The van der Waals surface area contributed by atoms with Crippen LogP contribution in [0, 0.1) is 5.82 Å². The van der Waals surface area contributed by atoms with Gasteiger partial charge in [0.2, 0.25) is 5.43 Å². The number of carbonyl (C=O) groups excluding carboxylic acids is 1. The van der Waals surface area contributed by atoms with Crippen molar-refractivity contribution >= 4 is 49.1 Å². The van der Waals surface area contributed by atoms with Gasteiger partial charge in [0.15, 0.2) is 17.3 Å². The summed E-state index contributed by atoms with van der Waals surface area (Å²) in [4.78, 5) is 36.1. The van der Waals surface area contributed by atoms with Crippen LogP contribution in [0.5, 0.6) is 0 Å². The van der Waals surface area contributed by atoms with Crippen molar-refractivity contribution in [2.75, 3.05) is 58.4 Å². The summed E-state index contributed by atoms with van der Waals surface area (Å²) in [7, 11) is 3.65. The second-order valence-corrected chi connectivity index (χ2v) is 9.86. The summed E-state index contributed by atoms with van der Waals surface area (Å²) in [5, 5.41) is 2.91. The number of halogens is 1. The molecule has 1 aliphatic rings. The van der Waals surface area contributed by atoms with Crippen molar-refractivity contribution in [1.82, 2.24) is 19.6 Å². The van der Waals surface area contributed by atoms with Crippen molar-refractivity contribution < 1.29 is 13.9 Å². The second kappa shape index (κ2) is 9.88. The molecule has 5 rings (SSSR count). The molecule has 0 unspecified atom stereocenters. The van der Waals surface area contributed by atoms with E-state index in [1.807, 2.05) is 33.6 Å². The maximum absolute atomic E-state index is 15.4. The van der Waals surface area contributed by atoms with E-state index in [0.29, 0.717) is 43.1 Å². The van der Waals surface area contributed by atoms with Gasteiger partial charge in [0.25, 0.3) is 5.91 Å². The molecule has 0 saturated carbocycles. The number of methoxy groups -OCH3 is 1. The number of fused-ring (bicyclic) bond motifs is 5. The predicted octanol–water partition coefficient (Wildman–Crippen LogP) is 3.11. The first kappa shape index (κ1) is 23.7. The summed E-state index contributed by atoms with van der Waals surface area (Å²) in [6, 6.07) is 8.93. The van der Waals surface area contributed by atoms with Crippen molar-refractivity contribution in [3.63, 3.8) is 0 Å². The zero-order valence-corrected chi connectivity index (χ0v) is 20.7. The average Bonchev–Trinajstić information content (AvgIpc) is 3.09. The highest BCUT2D eigenvalue weighted by molar-refractivity contribution is 7.24. The molecule has 0 atom stereocenters. The number of likely N-dealkylation sites (N-methyl/N-ethyl adjacent to an activating group) is 1. The number of hydrogen-bond acceptors (Lipinski definition) is 7. The fourth-order valence-corrected chi connectivity index (χ4v) is 5.77. The highest BCUT2D eigenvalue weighted by Crippen LogP contribution is 2.32. The number of benzene rings is 1. The monoisotopic (exact) mass is 497 g/mol. The van der Waals surface area contributed by atoms with Crippen LogP contribution >= 0.6 is 11.3 Å². The van der Waals surface area contributed by atoms with Gasteiger partial charge in [0.1, 0.15) is 10.4 Å². The molecule has 10 heteroatoms. The largest absolute Gasteiger partial charge is 0.385 e. The van der Waals surface area contributed by atoms with Crippen LogP contribution in [0.15, 0.2) is 35.1 Å². The summed E-state index contributed by atoms with van der Waals surface area (Å²) in [6.07, 6.45) is 1.52. The summed E-state index contributed by atoms with van der Waals surface area (Å²) in [6.45, 7) is 3.95. The van der Waals surface area contributed by atoms with Gasteiger partial charge in [-0.25, -0.2) is 9.37 Å². The molecule has 0 radical (unpaired) electrons. The molecular weight excluding hydrogens is 469 g/mol. The first-order valence-electron chi connectivity index (χ1n) is 11.8. The van der Waals surface area contributed by atoms with E-state index in [-0.39, 0.29) is 16.8 Å². The summed E-state index contributed by atoms with van der Waals surface area (Å²) in [5.74, 6) is -0.782. The van der Waals surface area contributed by atoms with Crippen LogP contribution in [0.25, 0.3) is 26.1 Å². The molecule has 8 nitrogen and oxygen atoms in total. The molecule has 1 N–H and O–H groups in total. The Balaban J connectivity index is 1.72. The molecule has 0 aliphatic carbocycles. The van der Waals surface area contributed by atoms with Crippen LogP contribution in [0.1, 0.15) is 23.2 Å². The van der Waals surface area contributed by atoms with E-state index in [9.17, 15) is 9.59 Å². The molecule has 4 aromatic rings. The number of thiazole rings is 1. The number of carbonyl (C=O) groups is 1. The highest BCUT2D eigenvalue weighted by Gasteiger charge is 2.25. The van der Waals surface area contributed by atoms with Gasteiger partial charge in [0, 0.05) is 39.9 Å². The SMILES string of the molecule is COCCCNC(=O)c1c(=O)c2cc(F)c(N3CCCN(C)CC3)nc2n2c1sc1ccccc12. The van der Waals surface area contributed by atoms with E-state index in [1.54, 1.807) is 7.11 Å². The van der Waals surface area contributed by atoms with Gasteiger partial charge < -0.3 is 19.9 Å². The Hall–Kier alpha value is -3.08. The minimum absolute atomic E-state index is 0.0152. The average molecular weight is 498 g/mol. The van der Waals surface area contributed by atoms with Gasteiger partial charge in [-0.1, -0.05) is 12.1 Å². The molecule has 4 heterocycles. The van der Waals surface area contributed by atoms with E-state index < -0.39 is 17.2 Å². The van der Waals surface area contributed by atoms with Gasteiger partial charge in [0.05, 0.1) is 15.6 Å². The molecule has 3 aromatic heterocycles. The summed E-state index contributed by atoms with van der Waals surface area (Å²) in [5.41, 5.74) is 0.699.